The fraction of sp³-hybridized carbons (Fsp3) is 0.600. The lowest BCUT2D eigenvalue weighted by Gasteiger charge is -2.12. The van der Waals surface area contributed by atoms with E-state index in [-0.39, 0.29) is 6.10 Å². The summed E-state index contributed by atoms with van der Waals surface area (Å²) in [6.07, 6.45) is 2.43. The number of hydrogen-bond donors (Lipinski definition) is 3. The molecule has 116 valence electrons. The predicted molar refractivity (Wildman–Crippen MR) is 90.4 cm³/mol. The molecule has 0 aliphatic heterocycles. The molecule has 2 rings (SSSR count). The van der Waals surface area contributed by atoms with Crippen LogP contribution in [0.4, 0.5) is 11.8 Å². The van der Waals surface area contributed by atoms with Gasteiger partial charge in [-0.15, -0.1) is 11.3 Å². The van der Waals surface area contributed by atoms with Crippen molar-refractivity contribution in [1.29, 1.82) is 0 Å². The number of rotatable bonds is 8. The summed E-state index contributed by atoms with van der Waals surface area (Å²) in [6.45, 7) is 7.54. The summed E-state index contributed by atoms with van der Waals surface area (Å²) in [4.78, 5) is 11.4. The molecule has 5 nitrogen and oxygen atoms in total. The van der Waals surface area contributed by atoms with Crippen molar-refractivity contribution in [3.8, 4) is 0 Å². The van der Waals surface area contributed by atoms with Crippen LogP contribution in [0.3, 0.4) is 0 Å². The molecule has 0 saturated carbocycles. The molecule has 0 radical (unpaired) electrons. The van der Waals surface area contributed by atoms with Crippen LogP contribution in [0, 0.1) is 0 Å². The van der Waals surface area contributed by atoms with Crippen LogP contribution < -0.4 is 10.6 Å². The van der Waals surface area contributed by atoms with E-state index in [0.29, 0.717) is 12.5 Å². The van der Waals surface area contributed by atoms with Gasteiger partial charge in [0.25, 0.3) is 0 Å². The Hall–Kier alpha value is -1.40. The number of aryl methyl sites for hydroxylation is 1. The quantitative estimate of drug-likeness (QED) is 0.698. The van der Waals surface area contributed by atoms with Crippen LogP contribution in [-0.2, 0) is 6.42 Å². The van der Waals surface area contributed by atoms with Gasteiger partial charge in [-0.05, 0) is 25.8 Å². The van der Waals surface area contributed by atoms with Crippen molar-refractivity contribution in [3.63, 3.8) is 0 Å². The van der Waals surface area contributed by atoms with Crippen LogP contribution >= 0.6 is 11.3 Å². The van der Waals surface area contributed by atoms with Gasteiger partial charge in [-0.25, -0.2) is 4.98 Å². The number of anilines is 2. The third-order valence-corrected chi connectivity index (χ3v) is 4.43. The molecule has 0 bridgehead atoms. The molecule has 1 unspecified atom stereocenters. The zero-order valence-corrected chi connectivity index (χ0v) is 13.8. The van der Waals surface area contributed by atoms with E-state index in [9.17, 15) is 5.11 Å². The third kappa shape index (κ3) is 4.04. The van der Waals surface area contributed by atoms with Gasteiger partial charge in [0, 0.05) is 18.0 Å². The van der Waals surface area contributed by atoms with Crippen LogP contribution in [-0.4, -0.2) is 34.3 Å². The molecular formula is C15H24N4OS. The van der Waals surface area contributed by atoms with Crippen molar-refractivity contribution >= 4 is 33.3 Å². The third-order valence-electron chi connectivity index (χ3n) is 3.25. The zero-order valence-electron chi connectivity index (χ0n) is 12.9. The lowest BCUT2D eigenvalue weighted by Crippen LogP contribution is -2.20. The maximum Gasteiger partial charge on any atom is 0.226 e. The smallest absolute Gasteiger partial charge is 0.226 e. The topological polar surface area (TPSA) is 70.1 Å². The highest BCUT2D eigenvalue weighted by Gasteiger charge is 2.12. The molecule has 21 heavy (non-hydrogen) atoms. The number of nitrogens with zero attached hydrogens (tertiary/aromatic N) is 2. The van der Waals surface area contributed by atoms with Gasteiger partial charge in [-0.3, -0.25) is 0 Å². The first-order valence-electron chi connectivity index (χ1n) is 7.64. The van der Waals surface area contributed by atoms with Gasteiger partial charge in [0.15, 0.2) is 0 Å². The monoisotopic (exact) mass is 308 g/mol. The highest BCUT2D eigenvalue weighted by atomic mass is 32.1. The Kier molecular flexibility index (Phi) is 5.76. The number of aromatic nitrogens is 2. The van der Waals surface area contributed by atoms with Crippen LogP contribution in [0.5, 0.6) is 0 Å². The Morgan fingerprint density at radius 1 is 1.24 bits per heavy atom. The van der Waals surface area contributed by atoms with E-state index in [4.69, 9.17) is 0 Å². The normalized spacial score (nSPS) is 12.6. The number of hydrogen-bond acceptors (Lipinski definition) is 6. The van der Waals surface area contributed by atoms with E-state index < -0.39 is 0 Å². The second-order valence-electron chi connectivity index (χ2n) is 5.03. The lowest BCUT2D eigenvalue weighted by atomic mass is 10.2. The number of nitrogens with one attached hydrogen (secondary N) is 2. The summed E-state index contributed by atoms with van der Waals surface area (Å²) >= 11 is 1.70. The fourth-order valence-electron chi connectivity index (χ4n) is 2.17. The van der Waals surface area contributed by atoms with Crippen molar-refractivity contribution in [3.05, 3.63) is 10.9 Å². The van der Waals surface area contributed by atoms with Crippen LogP contribution in [0.25, 0.3) is 10.2 Å². The van der Waals surface area contributed by atoms with Gasteiger partial charge in [0.2, 0.25) is 5.95 Å². The minimum Gasteiger partial charge on any atom is -0.391 e. The molecule has 2 aromatic rings. The highest BCUT2D eigenvalue weighted by molar-refractivity contribution is 7.18. The van der Waals surface area contributed by atoms with Gasteiger partial charge < -0.3 is 15.7 Å². The number of thiophene rings is 1. The number of fused-ring (bicyclic) bond motifs is 1. The SMILES string of the molecule is CCCC(O)CNc1nc(NCC)nc2sc(CC)cc12. The summed E-state index contributed by atoms with van der Waals surface area (Å²) in [5, 5.41) is 17.4. The molecule has 0 aliphatic carbocycles. The molecular weight excluding hydrogens is 284 g/mol. The Labute approximate surface area is 129 Å². The van der Waals surface area contributed by atoms with E-state index in [1.165, 1.54) is 4.88 Å². The summed E-state index contributed by atoms with van der Waals surface area (Å²) in [5.41, 5.74) is 0. The van der Waals surface area contributed by atoms with Crippen molar-refractivity contribution < 1.29 is 5.11 Å². The minimum atomic E-state index is -0.341. The van der Waals surface area contributed by atoms with Crippen molar-refractivity contribution in [2.24, 2.45) is 0 Å². The van der Waals surface area contributed by atoms with E-state index in [1.54, 1.807) is 11.3 Å². The molecule has 1 atom stereocenters. The molecule has 3 N–H and O–H groups in total. The summed E-state index contributed by atoms with van der Waals surface area (Å²) in [6, 6.07) is 2.14. The summed E-state index contributed by atoms with van der Waals surface area (Å²) in [7, 11) is 0. The van der Waals surface area contributed by atoms with E-state index in [1.807, 2.05) is 6.92 Å². The van der Waals surface area contributed by atoms with Crippen molar-refractivity contribution in [2.75, 3.05) is 23.7 Å². The minimum absolute atomic E-state index is 0.341. The Morgan fingerprint density at radius 3 is 2.71 bits per heavy atom. The highest BCUT2D eigenvalue weighted by Crippen LogP contribution is 2.30. The maximum atomic E-state index is 9.89. The molecule has 0 spiro atoms. The molecule has 2 aromatic heterocycles. The Morgan fingerprint density at radius 2 is 2.05 bits per heavy atom. The second-order valence-corrected chi connectivity index (χ2v) is 6.15. The standard InChI is InChI=1S/C15H24N4OS/c1-4-7-10(20)9-17-13-12-8-11(5-2)21-14(12)19-15(18-13)16-6-3/h8,10,20H,4-7,9H2,1-3H3,(H2,16,17,18,19). The molecule has 0 saturated heterocycles. The van der Waals surface area contributed by atoms with Gasteiger partial charge in [-0.2, -0.15) is 4.98 Å². The fourth-order valence-corrected chi connectivity index (χ4v) is 3.13. The molecule has 0 amide bonds. The maximum absolute atomic E-state index is 9.89. The Balaban J connectivity index is 2.27. The number of aliphatic hydroxyl groups is 1. The van der Waals surface area contributed by atoms with Crippen LogP contribution in [0.2, 0.25) is 0 Å². The molecule has 0 aromatic carbocycles. The molecule has 2 heterocycles. The second kappa shape index (κ2) is 7.56. The summed E-state index contributed by atoms with van der Waals surface area (Å²) < 4.78 is 0. The zero-order chi connectivity index (χ0) is 15.2. The van der Waals surface area contributed by atoms with E-state index in [2.05, 4.69) is 40.5 Å². The Bertz CT molecular complexity index is 584. The van der Waals surface area contributed by atoms with Gasteiger partial charge in [-0.1, -0.05) is 20.3 Å². The first-order chi connectivity index (χ1) is 10.2. The summed E-state index contributed by atoms with van der Waals surface area (Å²) in [5.74, 6) is 1.45. The van der Waals surface area contributed by atoms with Gasteiger partial charge in [0.05, 0.1) is 11.5 Å². The van der Waals surface area contributed by atoms with E-state index >= 15 is 0 Å². The van der Waals surface area contributed by atoms with Crippen molar-refractivity contribution in [2.45, 2.75) is 46.1 Å². The van der Waals surface area contributed by atoms with Crippen LogP contribution in [0.1, 0.15) is 38.5 Å². The first kappa shape index (κ1) is 16.0. The average molecular weight is 308 g/mol. The average Bonchev–Trinajstić information content (AvgIpc) is 2.88. The molecule has 0 fully saturated rings. The first-order valence-corrected chi connectivity index (χ1v) is 8.45. The largest absolute Gasteiger partial charge is 0.391 e. The molecule has 6 heteroatoms. The van der Waals surface area contributed by atoms with Crippen LogP contribution in [0.15, 0.2) is 6.07 Å². The van der Waals surface area contributed by atoms with Gasteiger partial charge >= 0.3 is 0 Å². The predicted octanol–water partition coefficient (Wildman–Crippen LogP) is 3.26. The van der Waals surface area contributed by atoms with E-state index in [0.717, 1.165) is 41.8 Å². The van der Waals surface area contributed by atoms with Gasteiger partial charge in [0.1, 0.15) is 10.6 Å². The molecule has 0 aliphatic rings. The van der Waals surface area contributed by atoms with Crippen molar-refractivity contribution in [1.82, 2.24) is 9.97 Å². The number of aliphatic hydroxyl groups excluding tert-OH is 1. The lowest BCUT2D eigenvalue weighted by molar-refractivity contribution is 0.176.